The van der Waals surface area contributed by atoms with Gasteiger partial charge in [-0.25, -0.2) is 4.68 Å². The van der Waals surface area contributed by atoms with E-state index in [1.165, 1.54) is 0 Å². The van der Waals surface area contributed by atoms with Crippen LogP contribution in [-0.2, 0) is 22.6 Å². The first-order valence-electron chi connectivity index (χ1n) is 9.78. The fourth-order valence-corrected chi connectivity index (χ4v) is 3.64. The largest absolute Gasteiger partial charge is 0.355 e. The summed E-state index contributed by atoms with van der Waals surface area (Å²) in [7, 11) is 0. The molecule has 2 amide bonds. The van der Waals surface area contributed by atoms with Crippen LogP contribution in [0.4, 0.5) is 0 Å². The molecule has 0 bridgehead atoms. The standard InChI is InChI=1S/C22H23Cl2N5O2/c1-14-18(15(2)29(28-14)20-4-3-17(23)11-19(20)24)12-22(31)26-10-7-21(30)27-13-16-5-8-25-9-6-16/h3-6,8-9,11H,7,10,12-13H2,1-2H3,(H,26,31)(H,27,30). The number of aryl methyl sites for hydroxylation is 1. The van der Waals surface area contributed by atoms with E-state index >= 15 is 0 Å². The van der Waals surface area contributed by atoms with E-state index in [1.54, 1.807) is 35.3 Å². The van der Waals surface area contributed by atoms with Gasteiger partial charge in [-0.2, -0.15) is 5.10 Å². The van der Waals surface area contributed by atoms with E-state index in [1.807, 2.05) is 26.0 Å². The fourth-order valence-electron chi connectivity index (χ4n) is 3.15. The van der Waals surface area contributed by atoms with E-state index in [4.69, 9.17) is 23.2 Å². The number of aromatic nitrogens is 3. The molecule has 162 valence electrons. The van der Waals surface area contributed by atoms with Crippen molar-refractivity contribution in [3.05, 3.63) is 75.3 Å². The highest BCUT2D eigenvalue weighted by atomic mass is 35.5. The van der Waals surface area contributed by atoms with Crippen LogP contribution in [-0.4, -0.2) is 33.1 Å². The van der Waals surface area contributed by atoms with Crippen LogP contribution < -0.4 is 10.6 Å². The molecule has 9 heteroatoms. The normalized spacial score (nSPS) is 10.7. The summed E-state index contributed by atoms with van der Waals surface area (Å²) in [5.41, 5.74) is 4.06. The van der Waals surface area contributed by atoms with Gasteiger partial charge in [-0.3, -0.25) is 14.6 Å². The maximum absolute atomic E-state index is 12.4. The predicted octanol–water partition coefficient (Wildman–Crippen LogP) is 3.56. The van der Waals surface area contributed by atoms with Gasteiger partial charge < -0.3 is 10.6 Å². The van der Waals surface area contributed by atoms with Gasteiger partial charge in [-0.05, 0) is 49.7 Å². The molecule has 3 aromatic rings. The highest BCUT2D eigenvalue weighted by Crippen LogP contribution is 2.27. The topological polar surface area (TPSA) is 88.9 Å². The van der Waals surface area contributed by atoms with Gasteiger partial charge in [0.15, 0.2) is 0 Å². The molecule has 3 rings (SSSR count). The third-order valence-corrected chi connectivity index (χ3v) is 5.37. The Morgan fingerprint density at radius 2 is 1.77 bits per heavy atom. The maximum Gasteiger partial charge on any atom is 0.224 e. The third kappa shape index (κ3) is 6.06. The van der Waals surface area contributed by atoms with Crippen molar-refractivity contribution in [2.75, 3.05) is 6.54 Å². The molecule has 0 aliphatic rings. The van der Waals surface area contributed by atoms with Crippen molar-refractivity contribution < 1.29 is 9.59 Å². The minimum atomic E-state index is -0.171. The van der Waals surface area contributed by atoms with E-state index in [-0.39, 0.29) is 31.2 Å². The first-order chi connectivity index (χ1) is 14.8. The average Bonchev–Trinajstić information content (AvgIpc) is 3.01. The van der Waals surface area contributed by atoms with Crippen LogP contribution in [0.25, 0.3) is 5.69 Å². The van der Waals surface area contributed by atoms with Crippen molar-refractivity contribution in [2.45, 2.75) is 33.2 Å². The summed E-state index contributed by atoms with van der Waals surface area (Å²) in [4.78, 5) is 28.3. The molecule has 0 atom stereocenters. The second kappa shape index (κ2) is 10.4. The summed E-state index contributed by atoms with van der Waals surface area (Å²) < 4.78 is 1.71. The highest BCUT2D eigenvalue weighted by molar-refractivity contribution is 6.35. The summed E-state index contributed by atoms with van der Waals surface area (Å²) in [6.07, 6.45) is 3.72. The summed E-state index contributed by atoms with van der Waals surface area (Å²) in [6.45, 7) is 4.43. The smallest absolute Gasteiger partial charge is 0.224 e. The predicted molar refractivity (Wildman–Crippen MR) is 120 cm³/mol. The molecule has 0 spiro atoms. The Labute approximate surface area is 190 Å². The number of hydrogen-bond donors (Lipinski definition) is 2. The average molecular weight is 460 g/mol. The Morgan fingerprint density at radius 3 is 2.48 bits per heavy atom. The van der Waals surface area contributed by atoms with Crippen LogP contribution in [0, 0.1) is 13.8 Å². The van der Waals surface area contributed by atoms with Gasteiger partial charge in [0.2, 0.25) is 11.8 Å². The van der Waals surface area contributed by atoms with Gasteiger partial charge in [0.05, 0.1) is 22.8 Å². The Morgan fingerprint density at radius 1 is 1.03 bits per heavy atom. The molecule has 31 heavy (non-hydrogen) atoms. The van der Waals surface area contributed by atoms with Gasteiger partial charge >= 0.3 is 0 Å². The number of halogens is 2. The molecule has 2 heterocycles. The second-order valence-electron chi connectivity index (χ2n) is 7.07. The minimum Gasteiger partial charge on any atom is -0.355 e. The van der Waals surface area contributed by atoms with Crippen molar-refractivity contribution in [1.82, 2.24) is 25.4 Å². The molecule has 0 radical (unpaired) electrons. The van der Waals surface area contributed by atoms with E-state index in [0.717, 1.165) is 22.5 Å². The lowest BCUT2D eigenvalue weighted by atomic mass is 10.1. The molecule has 0 aliphatic heterocycles. The van der Waals surface area contributed by atoms with Crippen molar-refractivity contribution in [1.29, 1.82) is 0 Å². The van der Waals surface area contributed by atoms with Crippen molar-refractivity contribution in [3.63, 3.8) is 0 Å². The van der Waals surface area contributed by atoms with E-state index in [9.17, 15) is 9.59 Å². The molecular weight excluding hydrogens is 437 g/mol. The van der Waals surface area contributed by atoms with E-state index < -0.39 is 0 Å². The fraction of sp³-hybridized carbons (Fsp3) is 0.273. The zero-order valence-electron chi connectivity index (χ0n) is 17.3. The van der Waals surface area contributed by atoms with Gasteiger partial charge in [0.25, 0.3) is 0 Å². The Hall–Kier alpha value is -2.90. The van der Waals surface area contributed by atoms with Crippen LogP contribution in [0.3, 0.4) is 0 Å². The summed E-state index contributed by atoms with van der Waals surface area (Å²) in [5, 5.41) is 11.2. The van der Waals surface area contributed by atoms with Crippen molar-refractivity contribution in [3.8, 4) is 5.69 Å². The molecule has 0 fully saturated rings. The SMILES string of the molecule is Cc1nn(-c2ccc(Cl)cc2Cl)c(C)c1CC(=O)NCCC(=O)NCc1ccncc1. The van der Waals surface area contributed by atoms with E-state index in [0.29, 0.717) is 22.3 Å². The first-order valence-corrected chi connectivity index (χ1v) is 10.5. The second-order valence-corrected chi connectivity index (χ2v) is 7.91. The van der Waals surface area contributed by atoms with Gasteiger partial charge in [-0.1, -0.05) is 23.2 Å². The monoisotopic (exact) mass is 459 g/mol. The number of carbonyl (C=O) groups is 2. The van der Waals surface area contributed by atoms with Crippen LogP contribution in [0.1, 0.15) is 28.9 Å². The van der Waals surface area contributed by atoms with Crippen molar-refractivity contribution >= 4 is 35.0 Å². The number of rotatable bonds is 8. The minimum absolute atomic E-state index is 0.130. The molecule has 2 N–H and O–H groups in total. The summed E-state index contributed by atoms with van der Waals surface area (Å²) in [5.74, 6) is -0.301. The lowest BCUT2D eigenvalue weighted by Gasteiger charge is -2.09. The molecule has 0 unspecified atom stereocenters. The Kier molecular flexibility index (Phi) is 7.65. The van der Waals surface area contributed by atoms with Crippen LogP contribution in [0.2, 0.25) is 10.0 Å². The summed E-state index contributed by atoms with van der Waals surface area (Å²) >= 11 is 12.3. The maximum atomic E-state index is 12.4. The third-order valence-electron chi connectivity index (χ3n) is 4.83. The number of pyridine rings is 1. The van der Waals surface area contributed by atoms with Gasteiger partial charge in [0, 0.05) is 48.2 Å². The zero-order valence-corrected chi connectivity index (χ0v) is 18.8. The molecule has 0 saturated carbocycles. The van der Waals surface area contributed by atoms with Crippen LogP contribution >= 0.6 is 23.2 Å². The molecule has 0 aliphatic carbocycles. The molecular formula is C22H23Cl2N5O2. The molecule has 7 nitrogen and oxygen atoms in total. The lowest BCUT2D eigenvalue weighted by molar-refractivity contribution is -0.122. The lowest BCUT2D eigenvalue weighted by Crippen LogP contribution is -2.31. The van der Waals surface area contributed by atoms with Crippen molar-refractivity contribution in [2.24, 2.45) is 0 Å². The Balaban J connectivity index is 1.52. The van der Waals surface area contributed by atoms with Gasteiger partial charge in [-0.15, -0.1) is 0 Å². The number of nitrogens with zero attached hydrogens (tertiary/aromatic N) is 3. The number of nitrogens with one attached hydrogen (secondary N) is 2. The highest BCUT2D eigenvalue weighted by Gasteiger charge is 2.17. The number of benzene rings is 1. The van der Waals surface area contributed by atoms with Gasteiger partial charge in [0.1, 0.15) is 0 Å². The molecule has 1 aromatic carbocycles. The zero-order chi connectivity index (χ0) is 22.4. The van der Waals surface area contributed by atoms with Crippen LogP contribution in [0.15, 0.2) is 42.7 Å². The Bertz CT molecular complexity index is 1080. The number of amides is 2. The quantitative estimate of drug-likeness (QED) is 0.538. The molecule has 2 aromatic heterocycles. The number of carbonyl (C=O) groups excluding carboxylic acids is 2. The molecule has 0 saturated heterocycles. The van der Waals surface area contributed by atoms with Crippen LogP contribution in [0.5, 0.6) is 0 Å². The summed E-state index contributed by atoms with van der Waals surface area (Å²) in [6, 6.07) is 8.86. The number of hydrogen-bond acceptors (Lipinski definition) is 4. The first kappa shape index (κ1) is 22.8. The van der Waals surface area contributed by atoms with E-state index in [2.05, 4.69) is 20.7 Å².